The third kappa shape index (κ3) is 9.81. The van der Waals surface area contributed by atoms with Crippen molar-refractivity contribution in [3.05, 3.63) is 79.0 Å². The van der Waals surface area contributed by atoms with Crippen molar-refractivity contribution >= 4 is 41.0 Å². The van der Waals surface area contributed by atoms with Crippen LogP contribution in [0, 0.1) is 17.3 Å². The number of fused-ring (bicyclic) bond motifs is 1. The van der Waals surface area contributed by atoms with Crippen LogP contribution < -0.4 is 14.8 Å². The van der Waals surface area contributed by atoms with Crippen LogP contribution in [0.4, 0.5) is 4.79 Å². The standard InChI is InChI=1S/C42H52N4O9/c1-8-10-12-17-28-20-26(3)21-35(28)55-41(50)45-36(42(4,5)40(49)53-25-27-15-13-11-14-16-27)38(47)46-24-30(23-34(46)39(48)52-7)54-37-31(9-2)43-32-19-18-29(51-6)22-33(32)44-37/h8-9,11,13-16,18-19,22,26,28,30,34-36H,1-2,10,12,17,20-21,23-25H2,3-7H3,(H,45,50)/t26-,28-,30-,34+,35-,36-/m1/s1. The van der Waals surface area contributed by atoms with Gasteiger partial charge in [-0.1, -0.05) is 49.9 Å². The molecule has 13 heteroatoms. The largest absolute Gasteiger partial charge is 0.497 e. The molecule has 5 rings (SSSR count). The summed E-state index contributed by atoms with van der Waals surface area (Å²) in [5, 5.41) is 2.72. The van der Waals surface area contributed by atoms with Crippen molar-refractivity contribution in [3.63, 3.8) is 0 Å². The van der Waals surface area contributed by atoms with E-state index < -0.39 is 47.5 Å². The molecule has 6 atom stereocenters. The minimum Gasteiger partial charge on any atom is -0.497 e. The summed E-state index contributed by atoms with van der Waals surface area (Å²) in [7, 11) is 2.77. The van der Waals surface area contributed by atoms with Crippen molar-refractivity contribution in [2.75, 3.05) is 20.8 Å². The van der Waals surface area contributed by atoms with Gasteiger partial charge in [0, 0.05) is 12.5 Å². The lowest BCUT2D eigenvalue weighted by Crippen LogP contribution is -2.60. The Bertz CT molecular complexity index is 1870. The fourth-order valence-corrected chi connectivity index (χ4v) is 7.38. The van der Waals surface area contributed by atoms with Gasteiger partial charge in [0.2, 0.25) is 11.8 Å². The van der Waals surface area contributed by atoms with Crippen molar-refractivity contribution in [1.82, 2.24) is 20.2 Å². The van der Waals surface area contributed by atoms with Crippen molar-refractivity contribution in [2.24, 2.45) is 17.3 Å². The molecule has 3 aromatic rings. The third-order valence-corrected chi connectivity index (χ3v) is 10.4. The Hall–Kier alpha value is -5.46. The molecule has 55 heavy (non-hydrogen) atoms. The van der Waals surface area contributed by atoms with Gasteiger partial charge in [-0.05, 0) is 81.6 Å². The average Bonchev–Trinajstić information content (AvgIpc) is 3.77. The first kappa shape index (κ1) is 40.7. The molecule has 0 radical (unpaired) electrons. The van der Waals surface area contributed by atoms with Crippen LogP contribution in [0.5, 0.6) is 11.6 Å². The van der Waals surface area contributed by atoms with Gasteiger partial charge in [-0.25, -0.2) is 19.6 Å². The molecule has 294 valence electrons. The molecule has 0 spiro atoms. The van der Waals surface area contributed by atoms with Gasteiger partial charge in [0.1, 0.15) is 42.3 Å². The number of rotatable bonds is 16. The number of nitrogens with zero attached hydrogens (tertiary/aromatic N) is 3. The van der Waals surface area contributed by atoms with Crippen LogP contribution >= 0.6 is 0 Å². The van der Waals surface area contributed by atoms with Crippen molar-refractivity contribution < 1.29 is 42.9 Å². The van der Waals surface area contributed by atoms with Gasteiger partial charge in [0.25, 0.3) is 0 Å². The van der Waals surface area contributed by atoms with Gasteiger partial charge in [0.05, 0.1) is 37.2 Å². The molecular weight excluding hydrogens is 704 g/mol. The van der Waals surface area contributed by atoms with Crippen molar-refractivity contribution in [2.45, 2.75) is 90.2 Å². The number of ether oxygens (including phenoxy) is 5. The van der Waals surface area contributed by atoms with Gasteiger partial charge in [-0.2, -0.15) is 0 Å². The summed E-state index contributed by atoms with van der Waals surface area (Å²) in [6, 6.07) is 11.8. The van der Waals surface area contributed by atoms with E-state index in [1.54, 1.807) is 25.3 Å². The molecule has 2 aromatic carbocycles. The number of benzene rings is 2. The number of alkyl carbamates (subject to hydrolysis) is 1. The molecule has 1 aromatic heterocycles. The van der Waals surface area contributed by atoms with Crippen molar-refractivity contribution in [3.8, 4) is 11.6 Å². The van der Waals surface area contributed by atoms with E-state index in [1.807, 2.05) is 36.4 Å². The molecule has 2 heterocycles. The highest BCUT2D eigenvalue weighted by Crippen LogP contribution is 2.37. The van der Waals surface area contributed by atoms with E-state index in [0.29, 0.717) is 34.8 Å². The predicted molar refractivity (Wildman–Crippen MR) is 206 cm³/mol. The Balaban J connectivity index is 1.41. The molecular formula is C42H52N4O9. The number of carbonyl (C=O) groups excluding carboxylic acids is 4. The van der Waals surface area contributed by atoms with Gasteiger partial charge in [-0.15, -0.1) is 6.58 Å². The van der Waals surface area contributed by atoms with Crippen LogP contribution in [-0.2, 0) is 35.2 Å². The molecule has 1 aliphatic carbocycles. The van der Waals surface area contributed by atoms with E-state index in [-0.39, 0.29) is 37.5 Å². The number of unbranched alkanes of at least 4 members (excludes halogenated alkanes) is 1. The number of allylic oxidation sites excluding steroid dienone is 1. The lowest BCUT2D eigenvalue weighted by atomic mass is 9.83. The summed E-state index contributed by atoms with van der Waals surface area (Å²) in [6.45, 7) is 12.7. The molecule has 13 nitrogen and oxygen atoms in total. The molecule has 2 aliphatic rings. The van der Waals surface area contributed by atoms with E-state index in [4.69, 9.17) is 23.7 Å². The highest BCUT2D eigenvalue weighted by atomic mass is 16.6. The summed E-state index contributed by atoms with van der Waals surface area (Å²) in [5.74, 6) is -0.895. The number of likely N-dealkylation sites (tertiary alicyclic amines) is 1. The quantitative estimate of drug-likeness (QED) is 0.0743. The summed E-state index contributed by atoms with van der Waals surface area (Å²) in [6.07, 6.45) is 5.70. The highest BCUT2D eigenvalue weighted by molar-refractivity contribution is 5.95. The Morgan fingerprint density at radius 2 is 1.78 bits per heavy atom. The number of amides is 2. The van der Waals surface area contributed by atoms with Crippen LogP contribution in [0.3, 0.4) is 0 Å². The summed E-state index contributed by atoms with van der Waals surface area (Å²) in [5.41, 5.74) is 0.602. The topological polar surface area (TPSA) is 155 Å². The first-order valence-corrected chi connectivity index (χ1v) is 18.7. The Morgan fingerprint density at radius 3 is 2.47 bits per heavy atom. The maximum Gasteiger partial charge on any atom is 0.408 e. The second-order valence-electron chi connectivity index (χ2n) is 14.8. The van der Waals surface area contributed by atoms with Crippen LogP contribution in [0.25, 0.3) is 17.1 Å². The van der Waals surface area contributed by atoms with Crippen molar-refractivity contribution in [1.29, 1.82) is 0 Å². The van der Waals surface area contributed by atoms with Crippen LogP contribution in [-0.4, -0.2) is 83.9 Å². The zero-order chi connectivity index (χ0) is 39.7. The maximum absolute atomic E-state index is 14.7. The highest BCUT2D eigenvalue weighted by Gasteiger charge is 2.51. The lowest BCUT2D eigenvalue weighted by Gasteiger charge is -2.35. The van der Waals surface area contributed by atoms with E-state index in [2.05, 4.69) is 35.4 Å². The smallest absolute Gasteiger partial charge is 0.408 e. The number of hydrogen-bond donors (Lipinski definition) is 1. The number of carbonyl (C=O) groups is 4. The fourth-order valence-electron chi connectivity index (χ4n) is 7.38. The van der Waals surface area contributed by atoms with E-state index in [1.165, 1.54) is 31.9 Å². The number of nitrogens with one attached hydrogen (secondary N) is 1. The van der Waals surface area contributed by atoms with Gasteiger partial charge in [-0.3, -0.25) is 9.59 Å². The zero-order valence-corrected chi connectivity index (χ0v) is 32.3. The fraction of sp³-hybridized carbons (Fsp3) is 0.476. The second-order valence-corrected chi connectivity index (χ2v) is 14.8. The Morgan fingerprint density at radius 1 is 1.02 bits per heavy atom. The minimum atomic E-state index is -1.62. The van der Waals surface area contributed by atoms with Crippen LogP contribution in [0.2, 0.25) is 0 Å². The summed E-state index contributed by atoms with van der Waals surface area (Å²) < 4.78 is 28.5. The van der Waals surface area contributed by atoms with Gasteiger partial charge < -0.3 is 33.9 Å². The molecule has 0 bridgehead atoms. The monoisotopic (exact) mass is 756 g/mol. The molecule has 1 saturated carbocycles. The van der Waals surface area contributed by atoms with Gasteiger partial charge in [0.15, 0.2) is 0 Å². The first-order chi connectivity index (χ1) is 26.4. The maximum atomic E-state index is 14.7. The molecule has 0 unspecified atom stereocenters. The number of esters is 2. The second kappa shape index (κ2) is 18.2. The SMILES string of the molecule is C=CCCC[C@@H]1C[C@@H](C)C[C@H]1OC(=O)N[C@H](C(=O)N1C[C@H](Oc2nc3cc(OC)ccc3nc2C=C)C[C@H]1C(=O)OC)C(C)(C)C(=O)OCc1ccccc1. The summed E-state index contributed by atoms with van der Waals surface area (Å²) in [4.78, 5) is 66.1. The zero-order valence-electron chi connectivity index (χ0n) is 32.3. The normalized spacial score (nSPS) is 21.3. The average molecular weight is 757 g/mol. The minimum absolute atomic E-state index is 0.0369. The van der Waals surface area contributed by atoms with Gasteiger partial charge >= 0.3 is 18.0 Å². The Labute approximate surface area is 322 Å². The molecule has 1 saturated heterocycles. The predicted octanol–water partition coefficient (Wildman–Crippen LogP) is 6.44. The number of aromatic nitrogens is 2. The molecule has 2 fully saturated rings. The first-order valence-electron chi connectivity index (χ1n) is 18.7. The lowest BCUT2D eigenvalue weighted by molar-refractivity contribution is -0.162. The van der Waals surface area contributed by atoms with E-state index in [0.717, 1.165) is 31.2 Å². The van der Waals surface area contributed by atoms with Crippen LogP contribution in [0.1, 0.15) is 70.6 Å². The third-order valence-electron chi connectivity index (χ3n) is 10.4. The van der Waals surface area contributed by atoms with E-state index >= 15 is 0 Å². The Kier molecular flexibility index (Phi) is 13.5. The number of methoxy groups -OCH3 is 2. The van der Waals surface area contributed by atoms with E-state index in [9.17, 15) is 19.2 Å². The number of hydrogen-bond acceptors (Lipinski definition) is 11. The molecule has 1 aliphatic heterocycles. The van der Waals surface area contributed by atoms with Crippen LogP contribution in [0.15, 0.2) is 67.8 Å². The summed E-state index contributed by atoms with van der Waals surface area (Å²) >= 11 is 0. The molecule has 2 amide bonds. The molecule has 1 N–H and O–H groups in total.